The number of carbonyl (C=O) groups excluding carboxylic acids is 2. The molecule has 0 heterocycles. The second-order valence-electron chi connectivity index (χ2n) is 7.06. The molecule has 162 valence electrons. The molecule has 0 fully saturated rings. The maximum atomic E-state index is 13.0. The van der Waals surface area contributed by atoms with Crippen molar-refractivity contribution >= 4 is 46.8 Å². The minimum atomic E-state index is -0.586. The van der Waals surface area contributed by atoms with Gasteiger partial charge in [0.1, 0.15) is 6.04 Å². The Bertz CT molecular complexity index is 847. The maximum Gasteiger partial charge on any atom is 0.242 e. The molecule has 2 rings (SSSR count). The Balaban J connectivity index is 2.05. The van der Waals surface area contributed by atoms with Gasteiger partial charge in [-0.25, -0.2) is 0 Å². The second-order valence-corrected chi connectivity index (χ2v) is 8.89. The normalized spacial score (nSPS) is 11.7. The van der Waals surface area contributed by atoms with Crippen LogP contribution in [0.25, 0.3) is 0 Å². The molecule has 0 saturated heterocycles. The third-order valence-corrected chi connectivity index (χ3v) is 6.27. The van der Waals surface area contributed by atoms with Crippen molar-refractivity contribution in [3.8, 4) is 0 Å². The average molecular weight is 467 g/mol. The molecule has 1 atom stereocenters. The first-order chi connectivity index (χ1) is 14.4. The first-order valence-corrected chi connectivity index (χ1v) is 12.0. The summed E-state index contributed by atoms with van der Waals surface area (Å²) in [6, 6.07) is 14.4. The fourth-order valence-electron chi connectivity index (χ4n) is 2.89. The molecule has 30 heavy (non-hydrogen) atoms. The highest BCUT2D eigenvalue weighted by Crippen LogP contribution is 2.21. The van der Waals surface area contributed by atoms with Crippen LogP contribution < -0.4 is 5.32 Å². The van der Waals surface area contributed by atoms with Gasteiger partial charge in [-0.3, -0.25) is 9.59 Å². The highest BCUT2D eigenvalue weighted by Gasteiger charge is 2.26. The Morgan fingerprint density at radius 3 is 2.60 bits per heavy atom. The topological polar surface area (TPSA) is 49.4 Å². The van der Waals surface area contributed by atoms with Crippen LogP contribution in [0.5, 0.6) is 0 Å². The van der Waals surface area contributed by atoms with Crippen molar-refractivity contribution in [1.82, 2.24) is 10.2 Å². The Morgan fingerprint density at radius 2 is 1.90 bits per heavy atom. The number of nitrogens with one attached hydrogen (secondary N) is 1. The van der Waals surface area contributed by atoms with E-state index in [4.69, 9.17) is 23.2 Å². The van der Waals surface area contributed by atoms with E-state index >= 15 is 0 Å². The third kappa shape index (κ3) is 7.86. The van der Waals surface area contributed by atoms with Crippen molar-refractivity contribution < 1.29 is 9.59 Å². The van der Waals surface area contributed by atoms with Crippen LogP contribution in [-0.4, -0.2) is 35.1 Å². The monoisotopic (exact) mass is 466 g/mol. The van der Waals surface area contributed by atoms with Crippen molar-refractivity contribution in [3.05, 3.63) is 69.7 Å². The summed E-state index contributed by atoms with van der Waals surface area (Å²) in [4.78, 5) is 27.3. The largest absolute Gasteiger partial charge is 0.354 e. The van der Waals surface area contributed by atoms with Gasteiger partial charge in [0, 0.05) is 28.9 Å². The summed E-state index contributed by atoms with van der Waals surface area (Å²) < 4.78 is 0. The summed E-state index contributed by atoms with van der Waals surface area (Å²) in [7, 11) is 0. The summed E-state index contributed by atoms with van der Waals surface area (Å²) in [5.41, 5.74) is 1.88. The van der Waals surface area contributed by atoms with Gasteiger partial charge in [0.05, 0.1) is 5.75 Å². The van der Waals surface area contributed by atoms with E-state index in [9.17, 15) is 9.59 Å². The van der Waals surface area contributed by atoms with Gasteiger partial charge in [0.25, 0.3) is 0 Å². The molecule has 0 aromatic heterocycles. The number of hydrogen-bond donors (Lipinski definition) is 1. The van der Waals surface area contributed by atoms with Gasteiger partial charge in [0.15, 0.2) is 0 Å². The number of benzene rings is 2. The van der Waals surface area contributed by atoms with Gasteiger partial charge in [-0.1, -0.05) is 66.9 Å². The minimum absolute atomic E-state index is 0.0971. The SMILES string of the molecule is CCCCNC(=O)[C@@H](C)N(Cc1ccccc1Cl)C(=O)CSCc1cccc(Cl)c1. The molecule has 2 amide bonds. The Morgan fingerprint density at radius 1 is 1.13 bits per heavy atom. The van der Waals surface area contributed by atoms with E-state index < -0.39 is 6.04 Å². The lowest BCUT2D eigenvalue weighted by molar-refractivity contribution is -0.138. The summed E-state index contributed by atoms with van der Waals surface area (Å²) in [5.74, 6) is 0.691. The Hall–Kier alpha value is -1.69. The van der Waals surface area contributed by atoms with Gasteiger partial charge in [0.2, 0.25) is 11.8 Å². The first kappa shape index (κ1) is 24.6. The molecular formula is C23H28Cl2N2O2S. The summed E-state index contributed by atoms with van der Waals surface area (Å²) in [6.07, 6.45) is 1.91. The predicted octanol–water partition coefficient (Wildman–Crippen LogP) is 5.56. The number of hydrogen-bond acceptors (Lipinski definition) is 3. The van der Waals surface area contributed by atoms with Crippen LogP contribution in [0.2, 0.25) is 10.0 Å². The quantitative estimate of drug-likeness (QED) is 0.440. The standard InChI is InChI=1S/C23H28Cl2N2O2S/c1-3-4-12-26-23(29)17(2)27(14-19-9-5-6-11-21(19)25)22(28)16-30-15-18-8-7-10-20(24)13-18/h5-11,13,17H,3-4,12,14-16H2,1-2H3,(H,26,29)/t17-/m1/s1. The molecule has 0 radical (unpaired) electrons. The van der Waals surface area contributed by atoms with Gasteiger partial charge >= 0.3 is 0 Å². The minimum Gasteiger partial charge on any atom is -0.354 e. The van der Waals surface area contributed by atoms with E-state index in [-0.39, 0.29) is 17.6 Å². The fourth-order valence-corrected chi connectivity index (χ4v) is 4.16. The predicted molar refractivity (Wildman–Crippen MR) is 127 cm³/mol. The summed E-state index contributed by atoms with van der Waals surface area (Å²) >= 11 is 13.8. The zero-order chi connectivity index (χ0) is 21.9. The Labute approximate surface area is 193 Å². The van der Waals surface area contributed by atoms with Crippen molar-refractivity contribution in [2.45, 2.75) is 45.0 Å². The smallest absolute Gasteiger partial charge is 0.242 e. The van der Waals surface area contributed by atoms with E-state index in [0.29, 0.717) is 28.9 Å². The molecule has 2 aromatic rings. The lowest BCUT2D eigenvalue weighted by Crippen LogP contribution is -2.48. The van der Waals surface area contributed by atoms with E-state index in [1.807, 2.05) is 42.5 Å². The van der Waals surface area contributed by atoms with E-state index in [2.05, 4.69) is 12.2 Å². The maximum absolute atomic E-state index is 13.0. The molecule has 1 N–H and O–H groups in total. The van der Waals surface area contributed by atoms with Crippen LogP contribution in [0, 0.1) is 0 Å². The fraction of sp³-hybridized carbons (Fsp3) is 0.391. The number of rotatable bonds is 11. The number of carbonyl (C=O) groups is 2. The van der Waals surface area contributed by atoms with E-state index in [1.54, 1.807) is 17.9 Å². The van der Waals surface area contributed by atoms with Gasteiger partial charge in [-0.05, 0) is 42.7 Å². The number of unbranched alkanes of at least 4 members (excludes halogenated alkanes) is 1. The molecule has 4 nitrogen and oxygen atoms in total. The lowest BCUT2D eigenvalue weighted by Gasteiger charge is -2.29. The highest BCUT2D eigenvalue weighted by molar-refractivity contribution is 7.99. The molecule has 2 aromatic carbocycles. The number of thioether (sulfide) groups is 1. The zero-order valence-corrected chi connectivity index (χ0v) is 19.7. The second kappa shape index (κ2) is 12.9. The molecule has 0 aliphatic carbocycles. The van der Waals surface area contributed by atoms with Crippen LogP contribution in [-0.2, 0) is 21.9 Å². The van der Waals surface area contributed by atoms with Crippen molar-refractivity contribution in [2.75, 3.05) is 12.3 Å². The van der Waals surface area contributed by atoms with Gasteiger partial charge in [-0.2, -0.15) is 0 Å². The van der Waals surface area contributed by atoms with Crippen LogP contribution in [0.3, 0.4) is 0 Å². The van der Waals surface area contributed by atoms with Crippen LogP contribution >= 0.6 is 35.0 Å². The summed E-state index contributed by atoms with van der Waals surface area (Å²) in [6.45, 7) is 4.73. The molecule has 7 heteroatoms. The molecule has 0 aliphatic heterocycles. The molecular weight excluding hydrogens is 439 g/mol. The molecule has 0 spiro atoms. The van der Waals surface area contributed by atoms with Crippen LogP contribution in [0.1, 0.15) is 37.8 Å². The molecule has 0 saturated carbocycles. The van der Waals surface area contributed by atoms with Crippen LogP contribution in [0.4, 0.5) is 0 Å². The van der Waals surface area contributed by atoms with Gasteiger partial charge in [-0.15, -0.1) is 11.8 Å². The van der Waals surface area contributed by atoms with E-state index in [1.165, 1.54) is 11.8 Å². The van der Waals surface area contributed by atoms with Gasteiger partial charge < -0.3 is 10.2 Å². The Kier molecular flexibility index (Phi) is 10.6. The summed E-state index contributed by atoms with van der Waals surface area (Å²) in [5, 5.41) is 4.18. The molecule has 0 bridgehead atoms. The first-order valence-electron chi connectivity index (χ1n) is 10.0. The average Bonchev–Trinajstić information content (AvgIpc) is 2.72. The van der Waals surface area contributed by atoms with Crippen LogP contribution in [0.15, 0.2) is 48.5 Å². The molecule has 0 unspecified atom stereocenters. The van der Waals surface area contributed by atoms with Crippen molar-refractivity contribution in [3.63, 3.8) is 0 Å². The zero-order valence-electron chi connectivity index (χ0n) is 17.4. The van der Waals surface area contributed by atoms with Crippen molar-refractivity contribution in [1.29, 1.82) is 0 Å². The third-order valence-electron chi connectivity index (χ3n) is 4.68. The number of amides is 2. The number of nitrogens with zero attached hydrogens (tertiary/aromatic N) is 1. The number of halogens is 2. The highest BCUT2D eigenvalue weighted by atomic mass is 35.5. The molecule has 0 aliphatic rings. The lowest BCUT2D eigenvalue weighted by atomic mass is 10.1. The van der Waals surface area contributed by atoms with Crippen molar-refractivity contribution in [2.24, 2.45) is 0 Å². The van der Waals surface area contributed by atoms with E-state index in [0.717, 1.165) is 24.0 Å².